The summed E-state index contributed by atoms with van der Waals surface area (Å²) in [5, 5.41) is 12.2. The Morgan fingerprint density at radius 3 is 1.68 bits per heavy atom. The molecule has 276 valence electrons. The van der Waals surface area contributed by atoms with Gasteiger partial charge in [-0.15, -0.1) is 22.7 Å². The van der Waals surface area contributed by atoms with Gasteiger partial charge in [0.15, 0.2) is 0 Å². The highest BCUT2D eigenvalue weighted by Crippen LogP contribution is 2.53. The van der Waals surface area contributed by atoms with Gasteiger partial charge in [0.2, 0.25) is 0 Å². The van der Waals surface area contributed by atoms with Gasteiger partial charge >= 0.3 is 0 Å². The van der Waals surface area contributed by atoms with Crippen LogP contribution < -0.4 is 14.5 Å². The van der Waals surface area contributed by atoms with Gasteiger partial charge in [-0.3, -0.25) is 0 Å². The number of para-hydroxylation sites is 2. The van der Waals surface area contributed by atoms with Crippen LogP contribution in [0.5, 0.6) is 11.5 Å². The normalized spacial score (nSPS) is 12.2. The lowest BCUT2D eigenvalue weighted by Crippen LogP contribution is -2.11. The first kappa shape index (κ1) is 32.9. The topological polar surface area (TPSA) is 15.7 Å². The third-order valence-electron chi connectivity index (χ3n) is 11.9. The van der Waals surface area contributed by atoms with Crippen LogP contribution in [-0.4, -0.2) is 0 Å². The number of thiophene rings is 2. The van der Waals surface area contributed by atoms with Crippen molar-refractivity contribution in [3.05, 3.63) is 194 Å². The zero-order valence-corrected chi connectivity index (χ0v) is 33.2. The van der Waals surface area contributed by atoms with Crippen molar-refractivity contribution < 1.29 is 4.74 Å². The number of anilines is 6. The van der Waals surface area contributed by atoms with E-state index in [-0.39, 0.29) is 0 Å². The van der Waals surface area contributed by atoms with Crippen LogP contribution in [0.2, 0.25) is 0 Å². The van der Waals surface area contributed by atoms with Gasteiger partial charge in [-0.25, -0.2) is 0 Å². The molecule has 10 aromatic carbocycles. The molecule has 0 saturated heterocycles. The summed E-state index contributed by atoms with van der Waals surface area (Å²) in [6.45, 7) is 0. The van der Waals surface area contributed by atoms with Crippen molar-refractivity contribution >= 4 is 129 Å². The molecule has 0 unspecified atom stereocenters. The van der Waals surface area contributed by atoms with Gasteiger partial charge in [-0.1, -0.05) is 103 Å². The van der Waals surface area contributed by atoms with E-state index >= 15 is 0 Å². The molecule has 0 spiro atoms. The minimum atomic E-state index is 0.869. The molecule has 12 aromatic rings. The van der Waals surface area contributed by atoms with Crippen molar-refractivity contribution in [2.24, 2.45) is 0 Å². The molecular weight excluding hydrogens is 757 g/mol. The fraction of sp³-hybridized carbons (Fsp3) is 0. The highest BCUT2D eigenvalue weighted by molar-refractivity contribution is 7.26. The Morgan fingerprint density at radius 2 is 0.898 bits per heavy atom. The second-order valence-corrected chi connectivity index (χ2v) is 17.4. The lowest BCUT2D eigenvalue weighted by atomic mass is 9.91. The van der Waals surface area contributed by atoms with E-state index in [0.29, 0.717) is 0 Å². The maximum absolute atomic E-state index is 7.06. The third-order valence-corrected chi connectivity index (χ3v) is 14.2. The summed E-state index contributed by atoms with van der Waals surface area (Å²) in [5.41, 5.74) is 6.61. The molecule has 2 aromatic heterocycles. The number of rotatable bonds is 6. The Morgan fingerprint density at radius 1 is 0.305 bits per heavy atom. The molecule has 0 radical (unpaired) electrons. The number of nitrogens with zero attached hydrogens (tertiary/aromatic N) is 2. The number of hydrogen-bond acceptors (Lipinski definition) is 5. The van der Waals surface area contributed by atoms with Crippen molar-refractivity contribution in [3.8, 4) is 11.5 Å². The Labute approximate surface area is 347 Å². The van der Waals surface area contributed by atoms with E-state index in [1.165, 1.54) is 51.1 Å². The van der Waals surface area contributed by atoms with Crippen LogP contribution in [0, 0.1) is 0 Å². The standard InChI is InChI=1S/C54H32N2OS2/c1-3-12-35(13-4-1)55(37-25-27-50-44(30-37)41-17-8-10-21-49(41)58-50)39-28-33-22-23-34-29-45(43-18-11-19-46-54(43)53(34)52(33)47(31-39)57-46)56(36-14-5-2-6-15-36)38-24-26-42-40-16-7-9-20-48(40)59-51(42)32-38/h1-32H. The van der Waals surface area contributed by atoms with Crippen LogP contribution in [-0.2, 0) is 0 Å². The Bertz CT molecular complexity index is 3670. The average Bonchev–Trinajstić information content (AvgIpc) is 3.85. The third kappa shape index (κ3) is 4.99. The van der Waals surface area contributed by atoms with Gasteiger partial charge in [0.05, 0.1) is 11.4 Å². The summed E-state index contributed by atoms with van der Waals surface area (Å²) in [6.07, 6.45) is 0. The largest absolute Gasteiger partial charge is 0.456 e. The zero-order valence-electron chi connectivity index (χ0n) is 31.6. The first-order valence-electron chi connectivity index (χ1n) is 19.9. The van der Waals surface area contributed by atoms with Crippen LogP contribution in [0.25, 0.3) is 72.7 Å². The molecule has 1 aliphatic heterocycles. The van der Waals surface area contributed by atoms with Crippen LogP contribution >= 0.6 is 22.7 Å². The number of benzene rings is 10. The van der Waals surface area contributed by atoms with Crippen molar-refractivity contribution in [2.75, 3.05) is 9.80 Å². The van der Waals surface area contributed by atoms with E-state index in [0.717, 1.165) is 67.2 Å². The van der Waals surface area contributed by atoms with Crippen LogP contribution in [0.1, 0.15) is 0 Å². The van der Waals surface area contributed by atoms with Gasteiger partial charge < -0.3 is 14.5 Å². The van der Waals surface area contributed by atoms with Gasteiger partial charge in [-0.2, -0.15) is 0 Å². The van der Waals surface area contributed by atoms with Gasteiger partial charge in [-0.05, 0) is 95.7 Å². The summed E-state index contributed by atoms with van der Waals surface area (Å²) in [7, 11) is 0. The lowest BCUT2D eigenvalue weighted by molar-refractivity contribution is 0.493. The van der Waals surface area contributed by atoms with E-state index in [1.54, 1.807) is 0 Å². The Balaban J connectivity index is 1.02. The van der Waals surface area contributed by atoms with Gasteiger partial charge in [0.25, 0.3) is 0 Å². The summed E-state index contributed by atoms with van der Waals surface area (Å²) < 4.78 is 12.2. The molecule has 3 nitrogen and oxygen atoms in total. The second-order valence-electron chi connectivity index (χ2n) is 15.3. The van der Waals surface area contributed by atoms with E-state index < -0.39 is 0 Å². The van der Waals surface area contributed by atoms with Crippen molar-refractivity contribution in [3.63, 3.8) is 0 Å². The number of ether oxygens (including phenoxy) is 1. The number of hydrogen-bond donors (Lipinski definition) is 0. The summed E-state index contributed by atoms with van der Waals surface area (Å²) >= 11 is 3.70. The summed E-state index contributed by atoms with van der Waals surface area (Å²) in [4.78, 5) is 4.77. The molecule has 0 N–H and O–H groups in total. The first-order valence-corrected chi connectivity index (χ1v) is 21.5. The zero-order chi connectivity index (χ0) is 38.6. The van der Waals surface area contributed by atoms with Crippen LogP contribution in [0.15, 0.2) is 194 Å². The second kappa shape index (κ2) is 12.7. The van der Waals surface area contributed by atoms with Gasteiger partial charge in [0, 0.05) is 90.7 Å². The highest BCUT2D eigenvalue weighted by atomic mass is 32.1. The molecule has 1 aliphatic rings. The maximum Gasteiger partial charge on any atom is 0.138 e. The van der Waals surface area contributed by atoms with E-state index in [9.17, 15) is 0 Å². The lowest BCUT2D eigenvalue weighted by Gasteiger charge is -2.30. The molecule has 13 rings (SSSR count). The monoisotopic (exact) mass is 788 g/mol. The van der Waals surface area contributed by atoms with Crippen LogP contribution in [0.3, 0.4) is 0 Å². The van der Waals surface area contributed by atoms with Crippen molar-refractivity contribution in [1.29, 1.82) is 0 Å². The van der Waals surface area contributed by atoms with Gasteiger partial charge in [0.1, 0.15) is 11.5 Å². The minimum absolute atomic E-state index is 0.869. The first-order chi connectivity index (χ1) is 29.2. The Kier molecular flexibility index (Phi) is 7.05. The maximum atomic E-state index is 7.06. The average molecular weight is 789 g/mol. The quantitative estimate of drug-likeness (QED) is 0.156. The molecule has 59 heavy (non-hydrogen) atoms. The summed E-state index contributed by atoms with van der Waals surface area (Å²) in [6, 6.07) is 70.6. The molecule has 3 heterocycles. The smallest absolute Gasteiger partial charge is 0.138 e. The highest BCUT2D eigenvalue weighted by Gasteiger charge is 2.26. The predicted molar refractivity (Wildman–Crippen MR) is 254 cm³/mol. The minimum Gasteiger partial charge on any atom is -0.456 e. The van der Waals surface area contributed by atoms with E-state index in [4.69, 9.17) is 4.74 Å². The van der Waals surface area contributed by atoms with E-state index in [1.807, 2.05) is 22.7 Å². The molecule has 0 aliphatic carbocycles. The number of fused-ring (bicyclic) bond motifs is 6. The van der Waals surface area contributed by atoms with Crippen molar-refractivity contribution in [1.82, 2.24) is 0 Å². The fourth-order valence-electron chi connectivity index (χ4n) is 9.38. The van der Waals surface area contributed by atoms with Crippen molar-refractivity contribution in [2.45, 2.75) is 0 Å². The molecular formula is C54H32N2OS2. The summed E-state index contributed by atoms with van der Waals surface area (Å²) in [5.74, 6) is 1.74. The van der Waals surface area contributed by atoms with E-state index in [2.05, 4.69) is 204 Å². The SMILES string of the molecule is c1ccc(N(c2cc3c4c(ccc5cc(N(c6ccccc6)c6ccc7c(c6)sc6ccccc67)c6cccc(c6c54)O3)c2)c2ccc3sc4ccccc4c3c2)cc1. The fourth-order valence-corrected chi connectivity index (χ4v) is 11.6. The predicted octanol–water partition coefficient (Wildman–Crippen LogP) is 16.9. The molecule has 0 atom stereocenters. The Hall–Kier alpha value is -7.18. The molecule has 0 amide bonds. The molecule has 0 bridgehead atoms. The molecule has 0 fully saturated rings. The molecule has 5 heteroatoms. The van der Waals surface area contributed by atoms with Crippen LogP contribution in [0.4, 0.5) is 34.1 Å². The molecule has 0 saturated carbocycles.